The van der Waals surface area contributed by atoms with Crippen molar-refractivity contribution in [3.8, 4) is 0 Å². The van der Waals surface area contributed by atoms with Gasteiger partial charge in [0.1, 0.15) is 5.60 Å². The minimum atomic E-state index is -0.114. The van der Waals surface area contributed by atoms with Gasteiger partial charge in [0.15, 0.2) is 0 Å². The summed E-state index contributed by atoms with van der Waals surface area (Å²) < 4.78 is 10.8. The fourth-order valence-electron chi connectivity index (χ4n) is 1.39. The molecule has 0 amide bonds. The molecule has 1 fully saturated rings. The lowest BCUT2D eigenvalue weighted by atomic mass is 10.0. The van der Waals surface area contributed by atoms with Crippen molar-refractivity contribution in [2.24, 2.45) is 0 Å². The van der Waals surface area contributed by atoms with Gasteiger partial charge in [-0.05, 0) is 6.92 Å². The molecule has 0 spiro atoms. The summed E-state index contributed by atoms with van der Waals surface area (Å²) >= 11 is 0. The molecule has 1 heterocycles. The zero-order valence-electron chi connectivity index (χ0n) is 8.51. The van der Waals surface area contributed by atoms with Crippen LogP contribution in [-0.4, -0.2) is 38.5 Å². The molecule has 1 N–H and O–H groups in total. The molecular weight excluding hydrogens is 166 g/mol. The fourth-order valence-corrected chi connectivity index (χ4v) is 1.39. The van der Waals surface area contributed by atoms with Crippen molar-refractivity contribution in [2.75, 3.05) is 26.9 Å². The van der Waals surface area contributed by atoms with Crippen LogP contribution in [0.1, 0.15) is 13.3 Å². The van der Waals surface area contributed by atoms with Crippen LogP contribution in [0.25, 0.3) is 0 Å². The highest BCUT2D eigenvalue weighted by Crippen LogP contribution is 2.21. The number of methoxy groups -OCH3 is 1. The Kier molecular flexibility index (Phi) is 3.90. The minimum absolute atomic E-state index is 0.114. The van der Waals surface area contributed by atoms with E-state index in [-0.39, 0.29) is 5.60 Å². The van der Waals surface area contributed by atoms with Crippen LogP contribution in [0.15, 0.2) is 12.7 Å². The van der Waals surface area contributed by atoms with Crippen molar-refractivity contribution in [3.05, 3.63) is 12.7 Å². The van der Waals surface area contributed by atoms with Gasteiger partial charge in [0.25, 0.3) is 0 Å². The maximum atomic E-state index is 5.47. The normalized spacial score (nSPS) is 30.3. The van der Waals surface area contributed by atoms with Gasteiger partial charge in [0.05, 0.1) is 6.61 Å². The molecular formula is C10H19NO2. The van der Waals surface area contributed by atoms with Crippen LogP contribution in [0.4, 0.5) is 0 Å². The van der Waals surface area contributed by atoms with E-state index in [9.17, 15) is 0 Å². The van der Waals surface area contributed by atoms with Crippen molar-refractivity contribution < 1.29 is 9.47 Å². The highest BCUT2D eigenvalue weighted by Gasteiger charge is 2.34. The van der Waals surface area contributed by atoms with Gasteiger partial charge in [-0.3, -0.25) is 0 Å². The van der Waals surface area contributed by atoms with E-state index < -0.39 is 0 Å². The van der Waals surface area contributed by atoms with E-state index in [0.29, 0.717) is 12.6 Å². The summed E-state index contributed by atoms with van der Waals surface area (Å²) in [5.74, 6) is 0. The summed E-state index contributed by atoms with van der Waals surface area (Å²) in [7, 11) is 1.74. The topological polar surface area (TPSA) is 30.5 Å². The maximum Gasteiger partial charge on any atom is 0.106 e. The molecule has 1 rings (SSSR count). The van der Waals surface area contributed by atoms with Crippen LogP contribution >= 0.6 is 0 Å². The van der Waals surface area contributed by atoms with Gasteiger partial charge < -0.3 is 14.8 Å². The molecule has 0 aliphatic carbocycles. The summed E-state index contributed by atoms with van der Waals surface area (Å²) in [5.41, 5.74) is -0.114. The lowest BCUT2D eigenvalue weighted by Gasteiger charge is -2.27. The van der Waals surface area contributed by atoms with Crippen molar-refractivity contribution >= 4 is 0 Å². The van der Waals surface area contributed by atoms with Crippen LogP contribution in [0.2, 0.25) is 0 Å². The minimum Gasteiger partial charge on any atom is -0.378 e. The Morgan fingerprint density at radius 3 is 3.00 bits per heavy atom. The first-order valence-corrected chi connectivity index (χ1v) is 4.71. The van der Waals surface area contributed by atoms with Crippen LogP contribution < -0.4 is 5.32 Å². The molecule has 0 bridgehead atoms. The van der Waals surface area contributed by atoms with Gasteiger partial charge in [-0.15, -0.1) is 6.58 Å². The van der Waals surface area contributed by atoms with E-state index >= 15 is 0 Å². The molecule has 0 saturated carbocycles. The van der Waals surface area contributed by atoms with Crippen molar-refractivity contribution in [2.45, 2.75) is 25.0 Å². The lowest BCUT2D eigenvalue weighted by molar-refractivity contribution is -0.0164. The molecule has 0 aromatic rings. The molecule has 2 unspecified atom stereocenters. The van der Waals surface area contributed by atoms with E-state index in [0.717, 1.165) is 19.6 Å². The Bertz CT molecular complexity index is 164. The van der Waals surface area contributed by atoms with Gasteiger partial charge in [-0.1, -0.05) is 6.08 Å². The second kappa shape index (κ2) is 4.74. The highest BCUT2D eigenvalue weighted by molar-refractivity contribution is 4.90. The summed E-state index contributed by atoms with van der Waals surface area (Å²) in [6.45, 7) is 8.12. The average molecular weight is 185 g/mol. The van der Waals surface area contributed by atoms with Crippen LogP contribution in [0.3, 0.4) is 0 Å². The first kappa shape index (κ1) is 10.7. The highest BCUT2D eigenvalue weighted by atomic mass is 16.5. The Morgan fingerprint density at radius 2 is 2.54 bits per heavy atom. The molecule has 1 aliphatic rings. The fraction of sp³-hybridized carbons (Fsp3) is 0.800. The quantitative estimate of drug-likeness (QED) is 0.647. The molecule has 0 radical (unpaired) electrons. The molecule has 1 saturated heterocycles. The second-order valence-electron chi connectivity index (χ2n) is 3.60. The smallest absolute Gasteiger partial charge is 0.106 e. The summed E-state index contributed by atoms with van der Waals surface area (Å²) in [6, 6.07) is 0.327. The van der Waals surface area contributed by atoms with Crippen LogP contribution in [-0.2, 0) is 9.47 Å². The number of rotatable bonds is 5. The third kappa shape index (κ3) is 2.79. The van der Waals surface area contributed by atoms with Gasteiger partial charge in [-0.2, -0.15) is 0 Å². The molecule has 76 valence electrons. The second-order valence-corrected chi connectivity index (χ2v) is 3.60. The number of hydrogen-bond acceptors (Lipinski definition) is 3. The van der Waals surface area contributed by atoms with Gasteiger partial charge in [0, 0.05) is 32.7 Å². The number of hydrogen-bond donors (Lipinski definition) is 1. The van der Waals surface area contributed by atoms with Gasteiger partial charge in [0.2, 0.25) is 0 Å². The maximum absolute atomic E-state index is 5.47. The van der Waals surface area contributed by atoms with Crippen molar-refractivity contribution in [1.82, 2.24) is 5.32 Å². The lowest BCUT2D eigenvalue weighted by Crippen LogP contribution is -2.45. The Labute approximate surface area is 80.1 Å². The van der Waals surface area contributed by atoms with E-state index in [1.54, 1.807) is 7.11 Å². The van der Waals surface area contributed by atoms with E-state index in [1.165, 1.54) is 0 Å². The molecule has 1 aliphatic heterocycles. The summed E-state index contributed by atoms with van der Waals surface area (Å²) in [4.78, 5) is 0. The third-order valence-corrected chi connectivity index (χ3v) is 2.60. The zero-order chi connectivity index (χ0) is 9.73. The molecule has 0 aromatic carbocycles. The third-order valence-electron chi connectivity index (χ3n) is 2.60. The first-order valence-electron chi connectivity index (χ1n) is 4.71. The molecule has 3 heteroatoms. The number of nitrogens with one attached hydrogen (secondary N) is 1. The molecule has 2 atom stereocenters. The Morgan fingerprint density at radius 1 is 1.77 bits per heavy atom. The van der Waals surface area contributed by atoms with E-state index in [4.69, 9.17) is 9.47 Å². The van der Waals surface area contributed by atoms with Crippen molar-refractivity contribution in [1.29, 1.82) is 0 Å². The van der Waals surface area contributed by atoms with Crippen LogP contribution in [0, 0.1) is 0 Å². The van der Waals surface area contributed by atoms with Crippen LogP contribution in [0.5, 0.6) is 0 Å². The summed E-state index contributed by atoms with van der Waals surface area (Å²) in [5, 5.41) is 3.34. The first-order chi connectivity index (χ1) is 6.22. The molecule has 0 aromatic heterocycles. The molecule has 3 nitrogen and oxygen atoms in total. The van der Waals surface area contributed by atoms with Crippen molar-refractivity contribution in [3.63, 3.8) is 0 Å². The Balaban J connectivity index is 2.35. The SMILES string of the molecule is C=CC(C)NCC1(OC)CCOC1. The average Bonchev–Trinajstić information content (AvgIpc) is 2.63. The van der Waals surface area contributed by atoms with E-state index in [1.807, 2.05) is 6.08 Å². The van der Waals surface area contributed by atoms with Gasteiger partial charge >= 0.3 is 0 Å². The number of ether oxygens (including phenoxy) is 2. The standard InChI is InChI=1S/C10H19NO2/c1-4-9(2)11-7-10(12-3)5-6-13-8-10/h4,9,11H,1,5-8H2,2-3H3. The predicted molar refractivity (Wildman–Crippen MR) is 52.8 cm³/mol. The largest absolute Gasteiger partial charge is 0.378 e. The zero-order valence-corrected chi connectivity index (χ0v) is 8.51. The van der Waals surface area contributed by atoms with Gasteiger partial charge in [-0.25, -0.2) is 0 Å². The molecule has 13 heavy (non-hydrogen) atoms. The predicted octanol–water partition coefficient (Wildman–Crippen LogP) is 0.956. The monoisotopic (exact) mass is 185 g/mol. The van der Waals surface area contributed by atoms with E-state index in [2.05, 4.69) is 18.8 Å². The Hall–Kier alpha value is -0.380. The summed E-state index contributed by atoms with van der Waals surface area (Å²) in [6.07, 6.45) is 2.86.